The lowest BCUT2D eigenvalue weighted by atomic mass is 10.0. The highest BCUT2D eigenvalue weighted by Gasteiger charge is 2.27. The Morgan fingerprint density at radius 1 is 1.22 bits per heavy atom. The van der Waals surface area contributed by atoms with Gasteiger partial charge in [0.25, 0.3) is 0 Å². The number of anilines is 1. The van der Waals surface area contributed by atoms with Crippen molar-refractivity contribution in [3.63, 3.8) is 0 Å². The van der Waals surface area contributed by atoms with Gasteiger partial charge >= 0.3 is 5.97 Å². The van der Waals surface area contributed by atoms with E-state index in [0.717, 1.165) is 15.4 Å². The van der Waals surface area contributed by atoms with Gasteiger partial charge in [-0.05, 0) is 30.3 Å². The maximum Gasteiger partial charge on any atom is 0.368 e. The van der Waals surface area contributed by atoms with Crippen molar-refractivity contribution in [2.75, 3.05) is 19.0 Å². The third-order valence-electron chi connectivity index (χ3n) is 3.32. The van der Waals surface area contributed by atoms with Crippen LogP contribution in [0.5, 0.6) is 0 Å². The molecule has 0 saturated carbocycles. The van der Waals surface area contributed by atoms with Gasteiger partial charge in [0, 0.05) is 24.5 Å². The number of nitriles is 1. The standard InChI is InChI=1S/C17H13N3O2S/c1-20(2)15-8-7-13(23-15)9-14-16(19-22-17(14)21)12-5-3-11(10-18)4-6-12/h3-9H,1-2H3. The van der Waals surface area contributed by atoms with Crippen molar-refractivity contribution >= 4 is 34.1 Å². The summed E-state index contributed by atoms with van der Waals surface area (Å²) in [5, 5.41) is 13.8. The second-order valence-electron chi connectivity index (χ2n) is 5.14. The van der Waals surface area contributed by atoms with E-state index in [1.54, 1.807) is 41.7 Å². The Bertz CT molecular complexity index is 855. The summed E-state index contributed by atoms with van der Waals surface area (Å²) in [5.41, 5.74) is 2.20. The summed E-state index contributed by atoms with van der Waals surface area (Å²) in [5.74, 6) is -0.468. The van der Waals surface area contributed by atoms with Crippen molar-refractivity contribution in [2.45, 2.75) is 0 Å². The molecule has 6 heteroatoms. The second-order valence-corrected chi connectivity index (χ2v) is 6.23. The van der Waals surface area contributed by atoms with Crippen molar-refractivity contribution in [3.05, 3.63) is 58.0 Å². The van der Waals surface area contributed by atoms with Crippen LogP contribution in [0, 0.1) is 11.3 Å². The molecule has 0 saturated heterocycles. The number of nitrogens with zero attached hydrogens (tertiary/aromatic N) is 3. The van der Waals surface area contributed by atoms with Crippen LogP contribution in [0.1, 0.15) is 16.0 Å². The maximum absolute atomic E-state index is 12.0. The third kappa shape index (κ3) is 3.00. The van der Waals surface area contributed by atoms with Crippen molar-refractivity contribution in [1.29, 1.82) is 5.26 Å². The van der Waals surface area contributed by atoms with E-state index in [1.807, 2.05) is 31.1 Å². The first-order chi connectivity index (χ1) is 11.1. The molecule has 114 valence electrons. The molecule has 5 nitrogen and oxygen atoms in total. The molecule has 1 aromatic carbocycles. The SMILES string of the molecule is CN(C)c1ccc(C=C2C(=O)ON=C2c2ccc(C#N)cc2)s1. The zero-order valence-corrected chi connectivity index (χ0v) is 13.4. The molecule has 1 aromatic heterocycles. The zero-order chi connectivity index (χ0) is 16.4. The number of thiophene rings is 1. The molecule has 0 unspecified atom stereocenters. The zero-order valence-electron chi connectivity index (χ0n) is 12.6. The van der Waals surface area contributed by atoms with Crippen molar-refractivity contribution < 1.29 is 9.63 Å². The van der Waals surface area contributed by atoms with Crippen molar-refractivity contribution in [1.82, 2.24) is 0 Å². The second kappa shape index (κ2) is 6.07. The Balaban J connectivity index is 1.95. The molecule has 0 radical (unpaired) electrons. The van der Waals surface area contributed by atoms with E-state index in [9.17, 15) is 4.79 Å². The molecule has 0 N–H and O–H groups in total. The Hall–Kier alpha value is -2.91. The lowest BCUT2D eigenvalue weighted by Gasteiger charge is -2.06. The summed E-state index contributed by atoms with van der Waals surface area (Å²) in [4.78, 5) is 19.7. The molecule has 1 aliphatic heterocycles. The van der Waals surface area contributed by atoms with Crippen LogP contribution in [0.15, 0.2) is 47.1 Å². The summed E-state index contributed by atoms with van der Waals surface area (Å²) < 4.78 is 0. The largest absolute Gasteiger partial charge is 0.370 e. The fraction of sp³-hybridized carbons (Fsp3) is 0.118. The molecule has 0 bridgehead atoms. The van der Waals surface area contributed by atoms with E-state index in [-0.39, 0.29) is 0 Å². The lowest BCUT2D eigenvalue weighted by molar-refractivity contribution is -0.136. The predicted octanol–water partition coefficient (Wildman–Crippen LogP) is 3.03. The van der Waals surface area contributed by atoms with Crippen LogP contribution in [0.25, 0.3) is 6.08 Å². The molecule has 2 aromatic rings. The number of carbonyl (C=O) groups excluding carboxylic acids is 1. The lowest BCUT2D eigenvalue weighted by Crippen LogP contribution is -2.06. The van der Waals surface area contributed by atoms with E-state index in [4.69, 9.17) is 10.1 Å². The van der Waals surface area contributed by atoms with Gasteiger partial charge in [-0.1, -0.05) is 17.3 Å². The number of rotatable bonds is 3. The van der Waals surface area contributed by atoms with Crippen LogP contribution < -0.4 is 4.90 Å². The first-order valence-electron chi connectivity index (χ1n) is 6.87. The van der Waals surface area contributed by atoms with Crippen LogP contribution >= 0.6 is 11.3 Å². The Kier molecular flexibility index (Phi) is 3.96. The molecular weight excluding hydrogens is 310 g/mol. The van der Waals surface area contributed by atoms with Gasteiger partial charge in [0.1, 0.15) is 5.71 Å². The average molecular weight is 323 g/mol. The third-order valence-corrected chi connectivity index (χ3v) is 4.52. The van der Waals surface area contributed by atoms with Gasteiger partial charge in [0.05, 0.1) is 22.2 Å². The minimum atomic E-state index is -0.468. The minimum Gasteiger partial charge on any atom is -0.370 e. The minimum absolute atomic E-state index is 0.418. The number of oxime groups is 1. The van der Waals surface area contributed by atoms with E-state index < -0.39 is 5.97 Å². The first-order valence-corrected chi connectivity index (χ1v) is 7.69. The number of hydrogen-bond donors (Lipinski definition) is 0. The summed E-state index contributed by atoms with van der Waals surface area (Å²) >= 11 is 1.58. The van der Waals surface area contributed by atoms with Crippen LogP contribution in [-0.2, 0) is 9.63 Å². The van der Waals surface area contributed by atoms with Gasteiger partial charge in [-0.3, -0.25) is 0 Å². The van der Waals surface area contributed by atoms with E-state index >= 15 is 0 Å². The number of hydrogen-bond acceptors (Lipinski definition) is 6. The molecule has 0 amide bonds. The average Bonchev–Trinajstić information content (AvgIpc) is 3.16. The molecule has 2 heterocycles. The maximum atomic E-state index is 12.0. The molecular formula is C17H13N3O2S. The Labute approximate surface area is 137 Å². The van der Waals surface area contributed by atoms with E-state index in [2.05, 4.69) is 11.2 Å². The van der Waals surface area contributed by atoms with Crippen LogP contribution in [0.4, 0.5) is 5.00 Å². The highest BCUT2D eigenvalue weighted by Crippen LogP contribution is 2.28. The molecule has 1 aliphatic rings. The van der Waals surface area contributed by atoms with Gasteiger partial charge in [-0.15, -0.1) is 11.3 Å². The molecule has 0 fully saturated rings. The topological polar surface area (TPSA) is 65.7 Å². The summed E-state index contributed by atoms with van der Waals surface area (Å²) in [7, 11) is 3.94. The van der Waals surface area contributed by atoms with Crippen molar-refractivity contribution in [3.8, 4) is 6.07 Å². The van der Waals surface area contributed by atoms with Crippen LogP contribution in [0.2, 0.25) is 0 Å². The van der Waals surface area contributed by atoms with Crippen molar-refractivity contribution in [2.24, 2.45) is 5.16 Å². The fourth-order valence-corrected chi connectivity index (χ4v) is 3.00. The summed E-state index contributed by atoms with van der Waals surface area (Å²) in [6.07, 6.45) is 1.78. The number of benzene rings is 1. The highest BCUT2D eigenvalue weighted by atomic mass is 32.1. The monoisotopic (exact) mass is 323 g/mol. The Morgan fingerprint density at radius 3 is 2.57 bits per heavy atom. The smallest absolute Gasteiger partial charge is 0.368 e. The fourth-order valence-electron chi connectivity index (χ4n) is 2.12. The van der Waals surface area contributed by atoms with E-state index in [1.165, 1.54) is 0 Å². The molecule has 23 heavy (non-hydrogen) atoms. The van der Waals surface area contributed by atoms with Gasteiger partial charge in [0.15, 0.2) is 0 Å². The highest BCUT2D eigenvalue weighted by molar-refractivity contribution is 7.17. The number of carbonyl (C=O) groups is 1. The first kappa shape index (κ1) is 15.0. The predicted molar refractivity (Wildman–Crippen MR) is 90.4 cm³/mol. The van der Waals surface area contributed by atoms with Gasteiger partial charge in [0.2, 0.25) is 0 Å². The summed E-state index contributed by atoms with van der Waals surface area (Å²) in [6.45, 7) is 0. The molecule has 0 aliphatic carbocycles. The molecule has 3 rings (SSSR count). The van der Waals surface area contributed by atoms with Gasteiger partial charge < -0.3 is 9.74 Å². The van der Waals surface area contributed by atoms with Gasteiger partial charge in [-0.25, -0.2) is 4.79 Å². The normalized spacial score (nSPS) is 15.3. The van der Waals surface area contributed by atoms with Gasteiger partial charge in [-0.2, -0.15) is 5.26 Å². The van der Waals surface area contributed by atoms with Crippen LogP contribution in [-0.4, -0.2) is 25.8 Å². The molecule has 0 spiro atoms. The van der Waals surface area contributed by atoms with E-state index in [0.29, 0.717) is 16.8 Å². The summed E-state index contributed by atoms with van der Waals surface area (Å²) in [6, 6.07) is 12.9. The molecule has 0 atom stereocenters. The van der Waals surface area contributed by atoms with Crippen LogP contribution in [0.3, 0.4) is 0 Å². The quantitative estimate of drug-likeness (QED) is 0.643. The Morgan fingerprint density at radius 2 is 1.96 bits per heavy atom.